The molecular formula is C14H11NO4. The number of carbonyl (C=O) groups excluding carboxylic acids is 1. The van der Waals surface area contributed by atoms with Gasteiger partial charge in [-0.25, -0.2) is 0 Å². The highest BCUT2D eigenvalue weighted by Crippen LogP contribution is 2.25. The number of rotatable bonds is 4. The summed E-state index contributed by atoms with van der Waals surface area (Å²) in [5, 5.41) is 10.7. The molecule has 0 aliphatic carbocycles. The van der Waals surface area contributed by atoms with E-state index in [4.69, 9.17) is 4.74 Å². The highest BCUT2D eigenvalue weighted by Gasteiger charge is 2.07. The normalized spacial score (nSPS) is 9.95. The van der Waals surface area contributed by atoms with Gasteiger partial charge in [0.1, 0.15) is 11.5 Å². The van der Waals surface area contributed by atoms with E-state index in [2.05, 4.69) is 0 Å². The molecule has 0 aromatic heterocycles. The number of non-ortho nitro benzene ring substituents is 1. The van der Waals surface area contributed by atoms with Crippen LogP contribution in [-0.4, -0.2) is 10.7 Å². The molecular weight excluding hydrogens is 246 g/mol. The van der Waals surface area contributed by atoms with Gasteiger partial charge >= 0.3 is 0 Å². The second-order valence-corrected chi connectivity index (χ2v) is 3.94. The minimum atomic E-state index is -0.487. The van der Waals surface area contributed by atoms with E-state index in [9.17, 15) is 14.9 Å². The van der Waals surface area contributed by atoms with Gasteiger partial charge in [-0.1, -0.05) is 18.2 Å². The molecule has 0 fully saturated rings. The monoisotopic (exact) mass is 257 g/mol. The number of ketones is 1. The van der Waals surface area contributed by atoms with Crippen LogP contribution in [0.2, 0.25) is 0 Å². The average molecular weight is 257 g/mol. The number of carbonyl (C=O) groups is 1. The van der Waals surface area contributed by atoms with Crippen LogP contribution < -0.4 is 4.74 Å². The predicted octanol–water partition coefficient (Wildman–Crippen LogP) is 3.59. The molecule has 0 heterocycles. The molecule has 0 saturated carbocycles. The van der Waals surface area contributed by atoms with E-state index in [1.54, 1.807) is 36.4 Å². The first-order chi connectivity index (χ1) is 9.06. The summed E-state index contributed by atoms with van der Waals surface area (Å²) in [4.78, 5) is 21.4. The minimum Gasteiger partial charge on any atom is -0.457 e. The second-order valence-electron chi connectivity index (χ2n) is 3.94. The Hall–Kier alpha value is -2.69. The Morgan fingerprint density at radius 3 is 2.37 bits per heavy atom. The predicted molar refractivity (Wildman–Crippen MR) is 69.6 cm³/mol. The number of Topliss-reactive ketones (excluding diaryl/α,β-unsaturated/α-hetero) is 1. The number of hydrogen-bond donors (Lipinski definition) is 0. The Morgan fingerprint density at radius 1 is 1.11 bits per heavy atom. The summed E-state index contributed by atoms with van der Waals surface area (Å²) in [5.74, 6) is 0.757. The fourth-order valence-corrected chi connectivity index (χ4v) is 1.58. The third-order valence-corrected chi connectivity index (χ3v) is 2.50. The molecule has 2 aromatic carbocycles. The number of nitro benzene ring substituents is 1. The lowest BCUT2D eigenvalue weighted by molar-refractivity contribution is -0.384. The lowest BCUT2D eigenvalue weighted by Gasteiger charge is -2.06. The van der Waals surface area contributed by atoms with Crippen LogP contribution in [0.5, 0.6) is 11.5 Å². The number of ether oxygens (including phenoxy) is 1. The zero-order chi connectivity index (χ0) is 13.8. The number of nitro groups is 1. The van der Waals surface area contributed by atoms with Crippen molar-refractivity contribution >= 4 is 11.5 Å². The standard InChI is InChI=1S/C14H11NO4/c1-10(16)11-4-2-6-13(8-11)19-14-7-3-5-12(9-14)15(17)18/h2-9H,1H3. The zero-order valence-electron chi connectivity index (χ0n) is 10.2. The van der Waals surface area contributed by atoms with E-state index in [1.165, 1.54) is 19.1 Å². The van der Waals surface area contributed by atoms with Crippen molar-refractivity contribution in [2.45, 2.75) is 6.92 Å². The highest BCUT2D eigenvalue weighted by atomic mass is 16.6. The molecule has 2 aromatic rings. The Kier molecular flexibility index (Phi) is 3.56. The van der Waals surface area contributed by atoms with Gasteiger partial charge in [0.25, 0.3) is 5.69 Å². The summed E-state index contributed by atoms with van der Waals surface area (Å²) >= 11 is 0. The molecule has 5 nitrogen and oxygen atoms in total. The number of hydrogen-bond acceptors (Lipinski definition) is 4. The summed E-state index contributed by atoms with van der Waals surface area (Å²) in [7, 11) is 0. The number of nitrogens with zero attached hydrogens (tertiary/aromatic N) is 1. The molecule has 0 bridgehead atoms. The van der Waals surface area contributed by atoms with Crippen molar-refractivity contribution < 1.29 is 14.5 Å². The van der Waals surface area contributed by atoms with E-state index in [0.29, 0.717) is 17.1 Å². The molecule has 96 valence electrons. The fourth-order valence-electron chi connectivity index (χ4n) is 1.58. The Balaban J connectivity index is 2.26. The maximum atomic E-state index is 11.2. The van der Waals surface area contributed by atoms with E-state index in [-0.39, 0.29) is 11.5 Å². The molecule has 0 spiro atoms. The van der Waals surface area contributed by atoms with Crippen LogP contribution in [0.15, 0.2) is 48.5 Å². The summed E-state index contributed by atoms with van der Waals surface area (Å²) in [6, 6.07) is 12.5. The van der Waals surface area contributed by atoms with Gasteiger partial charge in [0, 0.05) is 11.6 Å². The topological polar surface area (TPSA) is 69.4 Å². The molecule has 5 heteroatoms. The van der Waals surface area contributed by atoms with E-state index in [1.807, 2.05) is 0 Å². The number of benzene rings is 2. The first kappa shape index (κ1) is 12.8. The van der Waals surface area contributed by atoms with Crippen LogP contribution in [-0.2, 0) is 0 Å². The molecule has 0 amide bonds. The Labute approximate surface area is 109 Å². The van der Waals surface area contributed by atoms with Gasteiger partial charge in [-0.2, -0.15) is 0 Å². The molecule has 0 saturated heterocycles. The first-order valence-electron chi connectivity index (χ1n) is 5.59. The average Bonchev–Trinajstić information content (AvgIpc) is 2.39. The maximum absolute atomic E-state index is 11.2. The van der Waals surface area contributed by atoms with Gasteiger partial charge in [-0.05, 0) is 25.1 Å². The third-order valence-electron chi connectivity index (χ3n) is 2.50. The first-order valence-corrected chi connectivity index (χ1v) is 5.59. The Morgan fingerprint density at radius 2 is 1.74 bits per heavy atom. The Bertz CT molecular complexity index is 581. The molecule has 0 unspecified atom stereocenters. The van der Waals surface area contributed by atoms with Crippen molar-refractivity contribution in [3.63, 3.8) is 0 Å². The summed E-state index contributed by atoms with van der Waals surface area (Å²) in [5.41, 5.74) is 0.489. The fraction of sp³-hybridized carbons (Fsp3) is 0.0714. The van der Waals surface area contributed by atoms with Gasteiger partial charge in [-0.15, -0.1) is 0 Å². The van der Waals surface area contributed by atoms with Gasteiger partial charge in [0.15, 0.2) is 5.78 Å². The third kappa shape index (κ3) is 3.16. The van der Waals surface area contributed by atoms with Crippen molar-refractivity contribution in [2.75, 3.05) is 0 Å². The molecule has 2 rings (SSSR count). The molecule has 0 atom stereocenters. The van der Waals surface area contributed by atoms with Crippen LogP contribution in [0.3, 0.4) is 0 Å². The molecule has 0 N–H and O–H groups in total. The smallest absolute Gasteiger partial charge is 0.273 e. The van der Waals surface area contributed by atoms with Crippen LogP contribution in [0.4, 0.5) is 5.69 Å². The van der Waals surface area contributed by atoms with E-state index >= 15 is 0 Å². The van der Waals surface area contributed by atoms with E-state index in [0.717, 1.165) is 0 Å². The lowest BCUT2D eigenvalue weighted by Crippen LogP contribution is -1.93. The molecule has 19 heavy (non-hydrogen) atoms. The van der Waals surface area contributed by atoms with Gasteiger partial charge in [0.2, 0.25) is 0 Å². The quantitative estimate of drug-likeness (QED) is 0.476. The van der Waals surface area contributed by atoms with Gasteiger partial charge in [-0.3, -0.25) is 14.9 Å². The van der Waals surface area contributed by atoms with Gasteiger partial charge < -0.3 is 4.74 Å². The van der Waals surface area contributed by atoms with Crippen LogP contribution >= 0.6 is 0 Å². The largest absolute Gasteiger partial charge is 0.457 e. The maximum Gasteiger partial charge on any atom is 0.273 e. The van der Waals surface area contributed by atoms with Crippen molar-refractivity contribution in [3.05, 3.63) is 64.2 Å². The van der Waals surface area contributed by atoms with E-state index < -0.39 is 4.92 Å². The minimum absolute atomic E-state index is 0.0415. The van der Waals surface area contributed by atoms with Crippen molar-refractivity contribution in [1.29, 1.82) is 0 Å². The zero-order valence-corrected chi connectivity index (χ0v) is 10.2. The molecule has 0 radical (unpaired) electrons. The van der Waals surface area contributed by atoms with Crippen LogP contribution in [0.25, 0.3) is 0 Å². The second kappa shape index (κ2) is 5.30. The summed E-state index contributed by atoms with van der Waals surface area (Å²) in [6.07, 6.45) is 0. The van der Waals surface area contributed by atoms with Crippen molar-refractivity contribution in [1.82, 2.24) is 0 Å². The van der Waals surface area contributed by atoms with Crippen LogP contribution in [0.1, 0.15) is 17.3 Å². The van der Waals surface area contributed by atoms with Crippen molar-refractivity contribution in [2.24, 2.45) is 0 Å². The molecule has 0 aliphatic rings. The SMILES string of the molecule is CC(=O)c1cccc(Oc2cccc([N+](=O)[O-])c2)c1. The van der Waals surface area contributed by atoms with Crippen LogP contribution in [0, 0.1) is 10.1 Å². The summed E-state index contributed by atoms with van der Waals surface area (Å²) < 4.78 is 5.50. The summed E-state index contributed by atoms with van der Waals surface area (Å²) in [6.45, 7) is 1.46. The lowest BCUT2D eigenvalue weighted by atomic mass is 10.1. The van der Waals surface area contributed by atoms with Crippen molar-refractivity contribution in [3.8, 4) is 11.5 Å². The van der Waals surface area contributed by atoms with Gasteiger partial charge in [0.05, 0.1) is 11.0 Å². The molecule has 0 aliphatic heterocycles. The highest BCUT2D eigenvalue weighted by molar-refractivity contribution is 5.94.